The van der Waals surface area contributed by atoms with E-state index in [0.29, 0.717) is 43.7 Å². The van der Waals surface area contributed by atoms with Gasteiger partial charge in [0.05, 0.1) is 17.7 Å². The van der Waals surface area contributed by atoms with E-state index in [-0.39, 0.29) is 24.5 Å². The van der Waals surface area contributed by atoms with Crippen molar-refractivity contribution in [1.82, 2.24) is 20.5 Å². The van der Waals surface area contributed by atoms with Crippen LogP contribution in [-0.4, -0.2) is 59.6 Å². The molecule has 3 aromatic rings. The molecule has 2 aliphatic rings. The number of benzene rings is 2. The van der Waals surface area contributed by atoms with E-state index in [1.807, 2.05) is 42.2 Å². The maximum Gasteiger partial charge on any atom is 0.253 e. The lowest BCUT2D eigenvalue weighted by Crippen LogP contribution is -2.57. The Morgan fingerprint density at radius 1 is 1.14 bits per heavy atom. The van der Waals surface area contributed by atoms with E-state index in [4.69, 9.17) is 0 Å². The van der Waals surface area contributed by atoms with Crippen molar-refractivity contribution in [2.24, 2.45) is 0 Å². The maximum absolute atomic E-state index is 13.8. The lowest BCUT2D eigenvalue weighted by Gasteiger charge is -2.43. The molecule has 1 atom stereocenters. The minimum atomic E-state index is -0.930. The van der Waals surface area contributed by atoms with Gasteiger partial charge in [0.1, 0.15) is 5.54 Å². The molecule has 0 radical (unpaired) electrons. The van der Waals surface area contributed by atoms with E-state index < -0.39 is 17.2 Å². The van der Waals surface area contributed by atoms with E-state index in [2.05, 4.69) is 20.5 Å². The molecule has 0 aliphatic carbocycles. The quantitative estimate of drug-likeness (QED) is 0.588. The number of hydrogen-bond donors (Lipinski definition) is 2. The second-order valence-electron chi connectivity index (χ2n) is 9.31. The molecular formula is C26H27F2N5O2. The molecular weight excluding hydrogens is 452 g/mol. The van der Waals surface area contributed by atoms with Gasteiger partial charge in [0, 0.05) is 49.0 Å². The van der Waals surface area contributed by atoms with Crippen LogP contribution in [0.2, 0.25) is 0 Å². The van der Waals surface area contributed by atoms with E-state index >= 15 is 0 Å². The number of anilines is 1. The summed E-state index contributed by atoms with van der Waals surface area (Å²) < 4.78 is 27.3. The molecule has 5 rings (SSSR count). The van der Waals surface area contributed by atoms with Crippen LogP contribution in [0.25, 0.3) is 10.9 Å². The highest BCUT2D eigenvalue weighted by atomic mass is 19.2. The molecule has 2 N–H and O–H groups in total. The van der Waals surface area contributed by atoms with Crippen LogP contribution in [0, 0.1) is 11.6 Å². The van der Waals surface area contributed by atoms with E-state index in [9.17, 15) is 18.4 Å². The Balaban J connectivity index is 1.20. The number of pyridine rings is 1. The van der Waals surface area contributed by atoms with Gasteiger partial charge in [-0.25, -0.2) is 8.78 Å². The lowest BCUT2D eigenvalue weighted by molar-refractivity contribution is -0.125. The molecule has 2 amide bonds. The van der Waals surface area contributed by atoms with Gasteiger partial charge >= 0.3 is 0 Å². The predicted octanol–water partition coefficient (Wildman–Crippen LogP) is 3.06. The molecule has 3 heterocycles. The van der Waals surface area contributed by atoms with E-state index in [1.54, 1.807) is 6.20 Å². The Hall–Kier alpha value is -3.59. The van der Waals surface area contributed by atoms with E-state index in [0.717, 1.165) is 23.0 Å². The molecule has 2 aromatic carbocycles. The fraction of sp³-hybridized carbons (Fsp3) is 0.346. The third kappa shape index (κ3) is 4.43. The topological polar surface area (TPSA) is 77.6 Å². The van der Waals surface area contributed by atoms with Crippen LogP contribution in [-0.2, 0) is 4.79 Å². The smallest absolute Gasteiger partial charge is 0.253 e. The summed E-state index contributed by atoms with van der Waals surface area (Å²) in [6.07, 6.45) is 2.68. The van der Waals surface area contributed by atoms with Crippen molar-refractivity contribution in [2.75, 3.05) is 31.2 Å². The van der Waals surface area contributed by atoms with Gasteiger partial charge in [0.2, 0.25) is 5.91 Å². The number of hydrogen-bond acceptors (Lipinski definition) is 5. The Labute approximate surface area is 202 Å². The van der Waals surface area contributed by atoms with Crippen LogP contribution >= 0.6 is 0 Å². The molecule has 2 aliphatic heterocycles. The molecule has 35 heavy (non-hydrogen) atoms. The van der Waals surface area contributed by atoms with Crippen LogP contribution < -0.4 is 15.5 Å². The Morgan fingerprint density at radius 2 is 1.91 bits per heavy atom. The van der Waals surface area contributed by atoms with Crippen LogP contribution in [0.5, 0.6) is 0 Å². The number of carbonyl (C=O) groups is 2. The Bertz CT molecular complexity index is 1280. The van der Waals surface area contributed by atoms with Crippen molar-refractivity contribution in [1.29, 1.82) is 0 Å². The Kier molecular flexibility index (Phi) is 6.10. The van der Waals surface area contributed by atoms with E-state index in [1.165, 1.54) is 6.07 Å². The summed E-state index contributed by atoms with van der Waals surface area (Å²) in [5.74, 6) is -2.11. The summed E-state index contributed by atoms with van der Waals surface area (Å²) in [5.41, 5.74) is 1.05. The highest BCUT2D eigenvalue weighted by Crippen LogP contribution is 2.36. The summed E-state index contributed by atoms with van der Waals surface area (Å²) in [4.78, 5) is 34.0. The Morgan fingerprint density at radius 3 is 2.69 bits per heavy atom. The first-order chi connectivity index (χ1) is 16.9. The number of aromatic nitrogens is 1. The van der Waals surface area contributed by atoms with Crippen molar-refractivity contribution >= 4 is 28.4 Å². The van der Waals surface area contributed by atoms with Crippen molar-refractivity contribution < 1.29 is 18.4 Å². The minimum absolute atomic E-state index is 0.0907. The summed E-state index contributed by atoms with van der Waals surface area (Å²) in [6, 6.07) is 13.1. The molecule has 182 valence electrons. The molecule has 7 nitrogen and oxygen atoms in total. The van der Waals surface area contributed by atoms with Gasteiger partial charge in [-0.3, -0.25) is 14.6 Å². The zero-order valence-electron chi connectivity index (χ0n) is 19.4. The zero-order valence-corrected chi connectivity index (χ0v) is 19.4. The largest absolute Gasteiger partial charge is 0.348 e. The van der Waals surface area contributed by atoms with Crippen molar-refractivity contribution in [3.8, 4) is 0 Å². The molecule has 1 aromatic heterocycles. The molecule has 9 heteroatoms. The first kappa shape index (κ1) is 23.2. The number of piperidine rings is 1. The number of likely N-dealkylation sites (tertiary alicyclic amines) is 1. The van der Waals surface area contributed by atoms with Gasteiger partial charge < -0.3 is 20.4 Å². The fourth-order valence-corrected chi connectivity index (χ4v) is 5.12. The third-order valence-corrected chi connectivity index (χ3v) is 7.00. The van der Waals surface area contributed by atoms with Crippen LogP contribution in [0.4, 0.5) is 14.5 Å². The monoisotopic (exact) mass is 479 g/mol. The van der Waals surface area contributed by atoms with Crippen molar-refractivity contribution in [2.45, 2.75) is 31.3 Å². The van der Waals surface area contributed by atoms with Crippen LogP contribution in [0.15, 0.2) is 54.7 Å². The predicted molar refractivity (Wildman–Crippen MR) is 129 cm³/mol. The number of halogens is 2. The summed E-state index contributed by atoms with van der Waals surface area (Å²) in [5, 5.41) is 6.81. The van der Waals surface area contributed by atoms with Gasteiger partial charge in [-0.15, -0.1) is 0 Å². The molecule has 2 fully saturated rings. The average molecular weight is 480 g/mol. The van der Waals surface area contributed by atoms with Gasteiger partial charge in [-0.1, -0.05) is 18.2 Å². The molecule has 0 unspecified atom stereocenters. The number of nitrogens with one attached hydrogen (secondary N) is 2. The number of nitrogens with zero attached hydrogens (tertiary/aromatic N) is 3. The number of carbonyl (C=O) groups excluding carboxylic acids is 2. The number of para-hydroxylation sites is 1. The third-order valence-electron chi connectivity index (χ3n) is 7.00. The highest BCUT2D eigenvalue weighted by molar-refractivity contribution is 5.97. The minimum Gasteiger partial charge on any atom is -0.348 e. The second kappa shape index (κ2) is 9.22. The van der Waals surface area contributed by atoms with Gasteiger partial charge in [0.25, 0.3) is 5.91 Å². The molecule has 0 bridgehead atoms. The normalized spacial score (nSPS) is 18.6. The lowest BCUT2D eigenvalue weighted by atomic mass is 9.85. The summed E-state index contributed by atoms with van der Waals surface area (Å²) in [7, 11) is 0. The standard InChI is InChI=1S/C26H27F2N5O2/c1-17(31-24(34)19-12-18-4-2-3-5-23(18)29-14-19)15-32-10-8-26(9-11-32)25(35)30-16-33(26)20-6-7-21(27)22(28)13-20/h2-7,12-14,17H,8-11,15-16H2,1H3,(H,30,35)(H,31,34)/t17-/m0/s1. The van der Waals surface area contributed by atoms with Crippen molar-refractivity contribution in [3.63, 3.8) is 0 Å². The van der Waals surface area contributed by atoms with Crippen LogP contribution in [0.3, 0.4) is 0 Å². The maximum atomic E-state index is 13.8. The SMILES string of the molecule is C[C@@H](CN1CCC2(CC1)C(=O)NCN2c1ccc(F)c(F)c1)NC(=O)c1cnc2ccccc2c1. The van der Waals surface area contributed by atoms with Crippen molar-refractivity contribution in [3.05, 3.63) is 71.9 Å². The summed E-state index contributed by atoms with van der Waals surface area (Å²) in [6.45, 7) is 4.13. The zero-order chi connectivity index (χ0) is 24.6. The molecule has 2 saturated heterocycles. The van der Waals surface area contributed by atoms with Gasteiger partial charge in [0.15, 0.2) is 11.6 Å². The highest BCUT2D eigenvalue weighted by Gasteiger charge is 2.50. The first-order valence-electron chi connectivity index (χ1n) is 11.7. The summed E-state index contributed by atoms with van der Waals surface area (Å²) >= 11 is 0. The second-order valence-corrected chi connectivity index (χ2v) is 9.31. The fourth-order valence-electron chi connectivity index (χ4n) is 5.12. The first-order valence-corrected chi connectivity index (χ1v) is 11.7. The average Bonchev–Trinajstić information content (AvgIpc) is 3.17. The van der Waals surface area contributed by atoms with Gasteiger partial charge in [-0.05, 0) is 44.0 Å². The molecule has 1 spiro atoms. The molecule has 0 saturated carbocycles. The number of amides is 2. The van der Waals surface area contributed by atoms with Gasteiger partial charge in [-0.2, -0.15) is 0 Å². The number of fused-ring (bicyclic) bond motifs is 1. The van der Waals surface area contributed by atoms with Crippen LogP contribution in [0.1, 0.15) is 30.1 Å². The number of rotatable bonds is 5.